The standard InChI is InChI=1S/C15H23N3O/c1-10(2)17-14-7-15(19)18(16-8-14)9-13-6-11-3-4-12(13)5-11/h7-8,10-13,17H,3-6,9H2,1-2H3. The minimum Gasteiger partial charge on any atom is -0.381 e. The van der Waals surface area contributed by atoms with Crippen molar-refractivity contribution in [3.05, 3.63) is 22.6 Å². The second-order valence-electron chi connectivity index (χ2n) is 6.50. The smallest absolute Gasteiger partial charge is 0.268 e. The molecule has 1 heterocycles. The van der Waals surface area contributed by atoms with Crippen molar-refractivity contribution in [2.45, 2.75) is 52.1 Å². The Morgan fingerprint density at radius 2 is 2.26 bits per heavy atom. The van der Waals surface area contributed by atoms with Crippen LogP contribution < -0.4 is 10.9 Å². The molecule has 0 aromatic carbocycles. The Hall–Kier alpha value is -1.32. The largest absolute Gasteiger partial charge is 0.381 e. The predicted molar refractivity (Wildman–Crippen MR) is 76.2 cm³/mol. The summed E-state index contributed by atoms with van der Waals surface area (Å²) in [5.74, 6) is 2.44. The Morgan fingerprint density at radius 1 is 1.42 bits per heavy atom. The van der Waals surface area contributed by atoms with Gasteiger partial charge in [0.2, 0.25) is 0 Å². The van der Waals surface area contributed by atoms with Crippen LogP contribution in [0.2, 0.25) is 0 Å². The van der Waals surface area contributed by atoms with Crippen LogP contribution in [0.1, 0.15) is 39.5 Å². The van der Waals surface area contributed by atoms with Crippen LogP contribution in [0.4, 0.5) is 5.69 Å². The molecule has 1 N–H and O–H groups in total. The Kier molecular flexibility index (Phi) is 3.33. The summed E-state index contributed by atoms with van der Waals surface area (Å²) in [5.41, 5.74) is 0.845. The molecule has 2 fully saturated rings. The number of hydrogen-bond donors (Lipinski definition) is 1. The first-order valence-electron chi connectivity index (χ1n) is 7.45. The molecule has 3 atom stereocenters. The van der Waals surface area contributed by atoms with E-state index in [-0.39, 0.29) is 5.56 Å². The summed E-state index contributed by atoms with van der Waals surface area (Å²) in [6, 6.07) is 1.99. The zero-order valence-electron chi connectivity index (χ0n) is 11.8. The fraction of sp³-hybridized carbons (Fsp3) is 0.733. The van der Waals surface area contributed by atoms with Crippen LogP contribution in [-0.4, -0.2) is 15.8 Å². The van der Waals surface area contributed by atoms with Gasteiger partial charge in [-0.15, -0.1) is 0 Å². The predicted octanol–water partition coefficient (Wildman–Crippen LogP) is 2.50. The lowest BCUT2D eigenvalue weighted by Gasteiger charge is -2.21. The second kappa shape index (κ2) is 4.99. The van der Waals surface area contributed by atoms with Crippen LogP contribution in [-0.2, 0) is 6.54 Å². The Labute approximate surface area is 114 Å². The number of fused-ring (bicyclic) bond motifs is 2. The maximum absolute atomic E-state index is 12.1. The minimum absolute atomic E-state index is 0.0217. The molecule has 3 unspecified atom stereocenters. The molecular weight excluding hydrogens is 238 g/mol. The fourth-order valence-electron chi connectivity index (χ4n) is 3.81. The number of anilines is 1. The van der Waals surface area contributed by atoms with Gasteiger partial charge >= 0.3 is 0 Å². The van der Waals surface area contributed by atoms with Gasteiger partial charge < -0.3 is 5.32 Å². The molecule has 19 heavy (non-hydrogen) atoms. The average Bonchev–Trinajstić information content (AvgIpc) is 2.94. The van der Waals surface area contributed by atoms with Crippen LogP contribution in [0.3, 0.4) is 0 Å². The quantitative estimate of drug-likeness (QED) is 0.906. The molecule has 104 valence electrons. The average molecular weight is 261 g/mol. The molecule has 2 bridgehead atoms. The van der Waals surface area contributed by atoms with Gasteiger partial charge in [-0.3, -0.25) is 4.79 Å². The van der Waals surface area contributed by atoms with E-state index in [0.29, 0.717) is 12.0 Å². The van der Waals surface area contributed by atoms with E-state index in [9.17, 15) is 4.79 Å². The molecular formula is C15H23N3O. The van der Waals surface area contributed by atoms with Crippen LogP contribution in [0.25, 0.3) is 0 Å². The Bertz CT molecular complexity index is 508. The topological polar surface area (TPSA) is 46.9 Å². The summed E-state index contributed by atoms with van der Waals surface area (Å²) in [4.78, 5) is 12.1. The fourth-order valence-corrected chi connectivity index (χ4v) is 3.81. The van der Waals surface area contributed by atoms with Crippen molar-refractivity contribution in [3.8, 4) is 0 Å². The van der Waals surface area contributed by atoms with Gasteiger partial charge in [0.25, 0.3) is 5.56 Å². The molecule has 2 saturated carbocycles. The highest BCUT2D eigenvalue weighted by Gasteiger charge is 2.39. The number of rotatable bonds is 4. The summed E-state index contributed by atoms with van der Waals surface area (Å²) in [6.45, 7) is 4.92. The number of hydrogen-bond acceptors (Lipinski definition) is 3. The van der Waals surface area contributed by atoms with Gasteiger partial charge in [0, 0.05) is 18.7 Å². The van der Waals surface area contributed by atoms with Gasteiger partial charge in [-0.25, -0.2) is 4.68 Å². The van der Waals surface area contributed by atoms with Crippen molar-refractivity contribution in [2.75, 3.05) is 5.32 Å². The lowest BCUT2D eigenvalue weighted by atomic mass is 9.89. The molecule has 3 rings (SSSR count). The SMILES string of the molecule is CC(C)Nc1cnn(CC2CC3CCC2C3)c(=O)c1. The van der Waals surface area contributed by atoms with E-state index in [4.69, 9.17) is 0 Å². The number of aromatic nitrogens is 2. The van der Waals surface area contributed by atoms with Crippen LogP contribution in [0, 0.1) is 17.8 Å². The van der Waals surface area contributed by atoms with Gasteiger partial charge in [-0.2, -0.15) is 5.10 Å². The van der Waals surface area contributed by atoms with Gasteiger partial charge in [-0.1, -0.05) is 6.42 Å². The minimum atomic E-state index is 0.0217. The van der Waals surface area contributed by atoms with Crippen molar-refractivity contribution >= 4 is 5.69 Å². The van der Waals surface area contributed by atoms with Crippen molar-refractivity contribution < 1.29 is 0 Å². The molecule has 0 saturated heterocycles. The van der Waals surface area contributed by atoms with E-state index in [0.717, 1.165) is 24.1 Å². The van der Waals surface area contributed by atoms with E-state index in [1.54, 1.807) is 16.9 Å². The normalized spacial score (nSPS) is 29.1. The highest BCUT2D eigenvalue weighted by molar-refractivity contribution is 5.39. The second-order valence-corrected chi connectivity index (χ2v) is 6.50. The molecule has 0 amide bonds. The molecule has 4 heteroatoms. The monoisotopic (exact) mass is 261 g/mol. The Balaban J connectivity index is 1.70. The molecule has 0 spiro atoms. The summed E-state index contributed by atoms with van der Waals surface area (Å²) in [6.07, 6.45) is 7.21. The first-order chi connectivity index (χ1) is 9.11. The van der Waals surface area contributed by atoms with E-state index >= 15 is 0 Å². The molecule has 1 aromatic heterocycles. The van der Waals surface area contributed by atoms with Crippen molar-refractivity contribution in [1.29, 1.82) is 0 Å². The summed E-state index contributed by atoms with van der Waals surface area (Å²) in [7, 11) is 0. The third kappa shape index (κ3) is 2.67. The van der Waals surface area contributed by atoms with Gasteiger partial charge in [0.1, 0.15) is 0 Å². The van der Waals surface area contributed by atoms with E-state index < -0.39 is 0 Å². The summed E-state index contributed by atoms with van der Waals surface area (Å²) < 4.78 is 1.65. The summed E-state index contributed by atoms with van der Waals surface area (Å²) >= 11 is 0. The summed E-state index contributed by atoms with van der Waals surface area (Å²) in [5, 5.41) is 7.54. The van der Waals surface area contributed by atoms with Crippen molar-refractivity contribution in [3.63, 3.8) is 0 Å². The zero-order chi connectivity index (χ0) is 13.4. The lowest BCUT2D eigenvalue weighted by Crippen LogP contribution is -2.28. The van der Waals surface area contributed by atoms with Crippen LogP contribution in [0.5, 0.6) is 0 Å². The molecule has 1 aromatic rings. The molecule has 0 aliphatic heterocycles. The van der Waals surface area contributed by atoms with E-state index in [2.05, 4.69) is 24.3 Å². The third-order valence-electron chi connectivity index (χ3n) is 4.62. The molecule has 4 nitrogen and oxygen atoms in total. The van der Waals surface area contributed by atoms with Crippen LogP contribution >= 0.6 is 0 Å². The zero-order valence-corrected chi connectivity index (χ0v) is 11.8. The number of nitrogens with zero attached hydrogens (tertiary/aromatic N) is 2. The maximum atomic E-state index is 12.1. The van der Waals surface area contributed by atoms with Gasteiger partial charge in [-0.05, 0) is 50.9 Å². The van der Waals surface area contributed by atoms with Gasteiger partial charge in [0.05, 0.1) is 11.9 Å². The van der Waals surface area contributed by atoms with E-state index in [1.807, 2.05) is 0 Å². The maximum Gasteiger partial charge on any atom is 0.268 e. The lowest BCUT2D eigenvalue weighted by molar-refractivity contribution is 0.280. The first-order valence-corrected chi connectivity index (χ1v) is 7.45. The molecule has 0 radical (unpaired) electrons. The number of nitrogens with one attached hydrogen (secondary N) is 1. The highest BCUT2D eigenvalue weighted by Crippen LogP contribution is 2.48. The highest BCUT2D eigenvalue weighted by atomic mass is 16.1. The van der Waals surface area contributed by atoms with Gasteiger partial charge in [0.15, 0.2) is 0 Å². The third-order valence-corrected chi connectivity index (χ3v) is 4.62. The molecule has 2 aliphatic carbocycles. The molecule has 2 aliphatic rings. The Morgan fingerprint density at radius 3 is 2.84 bits per heavy atom. The van der Waals surface area contributed by atoms with E-state index in [1.165, 1.54) is 25.7 Å². The van der Waals surface area contributed by atoms with Crippen molar-refractivity contribution in [2.24, 2.45) is 17.8 Å². The van der Waals surface area contributed by atoms with Crippen LogP contribution in [0.15, 0.2) is 17.1 Å². The first kappa shape index (κ1) is 12.7. The van der Waals surface area contributed by atoms with Crippen molar-refractivity contribution in [1.82, 2.24) is 9.78 Å².